The fourth-order valence-corrected chi connectivity index (χ4v) is 4.40. The molecule has 0 aliphatic carbocycles. The SMILES string of the molecule is Cc1ccc(-c2cnn(-c3cnn4ccc(N5CCC[C@H]5c5nc(F)ccc5F)nc34)c2)cn1. The predicted octanol–water partition coefficient (Wildman–Crippen LogP) is 4.30. The van der Waals surface area contributed by atoms with Crippen molar-refractivity contribution in [1.82, 2.24) is 34.3 Å². The number of hydrogen-bond acceptors (Lipinski definition) is 6. The van der Waals surface area contributed by atoms with Gasteiger partial charge in [-0.15, -0.1) is 0 Å². The third-order valence-electron chi connectivity index (χ3n) is 6.11. The average molecular weight is 458 g/mol. The van der Waals surface area contributed by atoms with Crippen LogP contribution < -0.4 is 4.90 Å². The minimum absolute atomic E-state index is 0.108. The summed E-state index contributed by atoms with van der Waals surface area (Å²) in [6, 6.07) is 7.56. The van der Waals surface area contributed by atoms with E-state index in [0.29, 0.717) is 30.1 Å². The molecule has 0 radical (unpaired) electrons. The number of fused-ring (bicyclic) bond motifs is 1. The molecule has 0 amide bonds. The second kappa shape index (κ2) is 7.98. The van der Waals surface area contributed by atoms with Gasteiger partial charge in [0.1, 0.15) is 23.0 Å². The number of halogens is 2. The van der Waals surface area contributed by atoms with Crippen LogP contribution >= 0.6 is 0 Å². The van der Waals surface area contributed by atoms with Crippen molar-refractivity contribution < 1.29 is 8.78 Å². The molecule has 1 aliphatic heterocycles. The molecular formula is C24H20F2N8. The lowest BCUT2D eigenvalue weighted by Gasteiger charge is -2.25. The first-order valence-electron chi connectivity index (χ1n) is 11.0. The lowest BCUT2D eigenvalue weighted by Crippen LogP contribution is -2.25. The Morgan fingerprint density at radius 2 is 1.85 bits per heavy atom. The van der Waals surface area contributed by atoms with Gasteiger partial charge in [0.05, 0.1) is 18.4 Å². The molecule has 0 bridgehead atoms. The van der Waals surface area contributed by atoms with Crippen molar-refractivity contribution in [3.05, 3.63) is 84.5 Å². The van der Waals surface area contributed by atoms with Crippen LogP contribution in [0.4, 0.5) is 14.6 Å². The van der Waals surface area contributed by atoms with E-state index in [4.69, 9.17) is 4.98 Å². The van der Waals surface area contributed by atoms with E-state index < -0.39 is 11.8 Å². The van der Waals surface area contributed by atoms with Gasteiger partial charge in [-0.05, 0) is 44.0 Å². The highest BCUT2D eigenvalue weighted by atomic mass is 19.1. The first-order chi connectivity index (χ1) is 16.6. The molecule has 1 saturated heterocycles. The topological polar surface area (TPSA) is 77.0 Å². The van der Waals surface area contributed by atoms with Crippen molar-refractivity contribution in [3.63, 3.8) is 0 Å². The molecule has 6 rings (SSSR count). The minimum Gasteiger partial charge on any atom is -0.348 e. The van der Waals surface area contributed by atoms with Gasteiger partial charge in [0.15, 0.2) is 5.65 Å². The number of aromatic nitrogens is 7. The van der Waals surface area contributed by atoms with Crippen molar-refractivity contribution in [3.8, 4) is 16.8 Å². The Kier molecular flexibility index (Phi) is 4.79. The van der Waals surface area contributed by atoms with Gasteiger partial charge in [-0.2, -0.15) is 14.6 Å². The van der Waals surface area contributed by atoms with Crippen LogP contribution in [0.5, 0.6) is 0 Å². The zero-order valence-electron chi connectivity index (χ0n) is 18.3. The van der Waals surface area contributed by atoms with E-state index >= 15 is 0 Å². The third kappa shape index (κ3) is 3.47. The molecule has 0 saturated carbocycles. The summed E-state index contributed by atoms with van der Waals surface area (Å²) in [7, 11) is 0. The molecule has 1 fully saturated rings. The molecule has 170 valence electrons. The first-order valence-corrected chi connectivity index (χ1v) is 11.0. The van der Waals surface area contributed by atoms with Crippen molar-refractivity contribution >= 4 is 11.5 Å². The van der Waals surface area contributed by atoms with Crippen LogP contribution in [-0.2, 0) is 0 Å². The number of rotatable bonds is 4. The molecule has 34 heavy (non-hydrogen) atoms. The van der Waals surface area contributed by atoms with Crippen LogP contribution in [0, 0.1) is 18.7 Å². The Hall–Kier alpha value is -4.21. The maximum atomic E-state index is 14.5. The molecule has 1 aliphatic rings. The molecule has 0 spiro atoms. The van der Waals surface area contributed by atoms with E-state index in [2.05, 4.69) is 20.2 Å². The average Bonchev–Trinajstić information content (AvgIpc) is 3.60. The maximum absolute atomic E-state index is 14.5. The first kappa shape index (κ1) is 20.4. The van der Waals surface area contributed by atoms with Crippen LogP contribution in [0.1, 0.15) is 30.3 Å². The molecule has 0 N–H and O–H groups in total. The lowest BCUT2D eigenvalue weighted by atomic mass is 10.1. The molecule has 1 atom stereocenters. The fraction of sp³-hybridized carbons (Fsp3) is 0.208. The Morgan fingerprint density at radius 3 is 2.71 bits per heavy atom. The number of anilines is 1. The molecule has 0 unspecified atom stereocenters. The van der Waals surface area contributed by atoms with Gasteiger partial charge in [0.25, 0.3) is 0 Å². The normalized spacial score (nSPS) is 16.0. The van der Waals surface area contributed by atoms with Gasteiger partial charge in [-0.1, -0.05) is 6.07 Å². The maximum Gasteiger partial charge on any atom is 0.213 e. The van der Waals surface area contributed by atoms with E-state index in [1.165, 1.54) is 0 Å². The zero-order valence-corrected chi connectivity index (χ0v) is 18.3. The monoisotopic (exact) mass is 458 g/mol. The Morgan fingerprint density at radius 1 is 0.941 bits per heavy atom. The molecule has 0 aromatic carbocycles. The predicted molar refractivity (Wildman–Crippen MR) is 122 cm³/mol. The summed E-state index contributed by atoms with van der Waals surface area (Å²) >= 11 is 0. The summed E-state index contributed by atoms with van der Waals surface area (Å²) in [5, 5.41) is 8.90. The van der Waals surface area contributed by atoms with Crippen molar-refractivity contribution in [2.24, 2.45) is 0 Å². The van der Waals surface area contributed by atoms with Crippen LogP contribution in [0.3, 0.4) is 0 Å². The Bertz CT molecular complexity index is 1490. The van der Waals surface area contributed by atoms with Gasteiger partial charge in [0, 0.05) is 42.0 Å². The highest BCUT2D eigenvalue weighted by Gasteiger charge is 2.31. The van der Waals surface area contributed by atoms with E-state index in [1.807, 2.05) is 42.4 Å². The van der Waals surface area contributed by atoms with Crippen molar-refractivity contribution in [2.75, 3.05) is 11.4 Å². The smallest absolute Gasteiger partial charge is 0.213 e. The number of nitrogens with zero attached hydrogens (tertiary/aromatic N) is 8. The minimum atomic E-state index is -0.692. The van der Waals surface area contributed by atoms with E-state index in [-0.39, 0.29) is 11.7 Å². The lowest BCUT2D eigenvalue weighted by molar-refractivity contribution is 0.518. The summed E-state index contributed by atoms with van der Waals surface area (Å²) in [5.74, 6) is -0.556. The summed E-state index contributed by atoms with van der Waals surface area (Å²) in [5.41, 5.74) is 4.26. The largest absolute Gasteiger partial charge is 0.348 e. The molecule has 8 nitrogen and oxygen atoms in total. The number of pyridine rings is 2. The van der Waals surface area contributed by atoms with Gasteiger partial charge >= 0.3 is 0 Å². The number of hydrogen-bond donors (Lipinski definition) is 0. The van der Waals surface area contributed by atoms with Crippen molar-refractivity contribution in [2.45, 2.75) is 25.8 Å². The molecule has 10 heteroatoms. The quantitative estimate of drug-likeness (QED) is 0.374. The molecule has 5 aromatic rings. The fourth-order valence-electron chi connectivity index (χ4n) is 4.40. The van der Waals surface area contributed by atoms with E-state index in [0.717, 1.165) is 35.4 Å². The van der Waals surface area contributed by atoms with E-state index in [1.54, 1.807) is 27.8 Å². The van der Waals surface area contributed by atoms with Crippen molar-refractivity contribution in [1.29, 1.82) is 0 Å². The summed E-state index contributed by atoms with van der Waals surface area (Å²) < 4.78 is 31.6. The molecular weight excluding hydrogens is 438 g/mol. The molecule has 6 heterocycles. The summed E-state index contributed by atoms with van der Waals surface area (Å²) in [6.07, 6.45) is 10.5. The van der Waals surface area contributed by atoms with Gasteiger partial charge in [0.2, 0.25) is 5.95 Å². The van der Waals surface area contributed by atoms with Crippen LogP contribution in [0.25, 0.3) is 22.5 Å². The van der Waals surface area contributed by atoms with Crippen LogP contribution in [-0.4, -0.2) is 40.9 Å². The Balaban J connectivity index is 1.37. The summed E-state index contributed by atoms with van der Waals surface area (Å²) in [4.78, 5) is 15.0. The number of aryl methyl sites for hydroxylation is 1. The standard InChI is InChI=1S/C24H20F2N8/c1-15-4-5-16(11-27-15)17-12-28-34(14-17)20-13-29-33-10-8-22(31-24(20)33)32-9-2-3-19(32)23-18(25)6-7-21(26)30-23/h4-8,10-14,19H,2-3,9H2,1H3/t19-/m0/s1. The van der Waals surface area contributed by atoms with Gasteiger partial charge < -0.3 is 4.90 Å². The Labute approximate surface area is 193 Å². The molecule has 5 aromatic heterocycles. The van der Waals surface area contributed by atoms with E-state index in [9.17, 15) is 8.78 Å². The van der Waals surface area contributed by atoms with Crippen LogP contribution in [0.2, 0.25) is 0 Å². The highest BCUT2D eigenvalue weighted by molar-refractivity contribution is 5.65. The summed E-state index contributed by atoms with van der Waals surface area (Å²) in [6.45, 7) is 2.61. The van der Waals surface area contributed by atoms with Gasteiger partial charge in [-0.3, -0.25) is 4.98 Å². The second-order valence-electron chi connectivity index (χ2n) is 8.30. The third-order valence-corrected chi connectivity index (χ3v) is 6.11. The highest BCUT2D eigenvalue weighted by Crippen LogP contribution is 2.36. The zero-order chi connectivity index (χ0) is 23.2. The van der Waals surface area contributed by atoms with Gasteiger partial charge in [-0.25, -0.2) is 23.6 Å². The second-order valence-corrected chi connectivity index (χ2v) is 8.30. The van der Waals surface area contributed by atoms with Crippen LogP contribution in [0.15, 0.2) is 61.3 Å².